The molecule has 1 aliphatic rings. The number of carbonyl (C=O) groups is 1. The van der Waals surface area contributed by atoms with Crippen LogP contribution in [0.4, 0.5) is 5.95 Å². The fourth-order valence-electron chi connectivity index (χ4n) is 2.28. The van der Waals surface area contributed by atoms with Crippen LogP contribution in [-0.4, -0.2) is 44.8 Å². The first-order valence-corrected chi connectivity index (χ1v) is 6.95. The van der Waals surface area contributed by atoms with Crippen molar-refractivity contribution >= 4 is 23.5 Å². The van der Waals surface area contributed by atoms with Crippen molar-refractivity contribution in [2.45, 2.75) is 13.0 Å². The molecule has 3 rings (SSSR count). The molecular weight excluding hydrogens is 292 g/mol. The Morgan fingerprint density at radius 2 is 2.05 bits per heavy atom. The van der Waals surface area contributed by atoms with Gasteiger partial charge in [-0.1, -0.05) is 11.6 Å². The van der Waals surface area contributed by atoms with Crippen molar-refractivity contribution < 1.29 is 4.79 Å². The number of aryl methyl sites for hydroxylation is 2. The summed E-state index contributed by atoms with van der Waals surface area (Å²) in [5.41, 5.74) is 1.39. The molecule has 0 atom stereocenters. The number of nitrogens with one attached hydrogen (secondary N) is 1. The van der Waals surface area contributed by atoms with E-state index in [4.69, 9.17) is 11.6 Å². The third-order valence-corrected chi connectivity index (χ3v) is 3.54. The highest BCUT2D eigenvalue weighted by Crippen LogP contribution is 2.17. The second-order valence-corrected chi connectivity index (χ2v) is 5.51. The number of hydrogen-bond acceptors (Lipinski definition) is 5. The number of aromatic nitrogens is 4. The Hall–Kier alpha value is -2.15. The summed E-state index contributed by atoms with van der Waals surface area (Å²) in [6, 6.07) is 1.86. The molecule has 21 heavy (non-hydrogen) atoms. The molecule has 7 nitrogen and oxygen atoms in total. The zero-order valence-corrected chi connectivity index (χ0v) is 12.5. The summed E-state index contributed by atoms with van der Waals surface area (Å²) < 4.78 is 1.59. The van der Waals surface area contributed by atoms with Gasteiger partial charge in [-0.25, -0.2) is 9.97 Å². The topological polar surface area (TPSA) is 75.9 Å². The zero-order chi connectivity index (χ0) is 15.0. The molecule has 2 aromatic rings. The summed E-state index contributed by atoms with van der Waals surface area (Å²) in [5.74, 6) is 0.515. The number of nitrogens with zero attached hydrogens (tertiary/aromatic N) is 5. The van der Waals surface area contributed by atoms with Gasteiger partial charge in [0.25, 0.3) is 5.91 Å². The average Bonchev–Trinajstić information content (AvgIpc) is 2.74. The SMILES string of the molecule is Cc1cc(C(=O)NC2CN(c3ncc(Cl)cn3)C2)n(C)n1. The lowest BCUT2D eigenvalue weighted by Gasteiger charge is -2.39. The third-order valence-electron chi connectivity index (χ3n) is 3.34. The van der Waals surface area contributed by atoms with Crippen molar-refractivity contribution in [2.24, 2.45) is 7.05 Å². The Labute approximate surface area is 126 Å². The molecule has 0 aromatic carbocycles. The highest BCUT2D eigenvalue weighted by Gasteiger charge is 2.30. The summed E-state index contributed by atoms with van der Waals surface area (Å²) in [4.78, 5) is 22.4. The lowest BCUT2D eigenvalue weighted by atomic mass is 10.1. The van der Waals surface area contributed by atoms with Gasteiger partial charge in [0, 0.05) is 20.1 Å². The number of hydrogen-bond donors (Lipinski definition) is 1. The van der Waals surface area contributed by atoms with Crippen LogP contribution < -0.4 is 10.2 Å². The normalized spacial score (nSPS) is 14.9. The Kier molecular flexibility index (Phi) is 3.50. The number of halogens is 1. The molecule has 1 fully saturated rings. The first kappa shape index (κ1) is 13.8. The molecule has 0 bridgehead atoms. The highest BCUT2D eigenvalue weighted by atomic mass is 35.5. The standard InChI is InChI=1S/C13H15ClN6O/c1-8-3-11(19(2)18-8)12(21)17-10-6-20(7-10)13-15-4-9(14)5-16-13/h3-5,10H,6-7H2,1-2H3,(H,17,21). The monoisotopic (exact) mass is 306 g/mol. The maximum atomic E-state index is 12.1. The summed E-state index contributed by atoms with van der Waals surface area (Å²) >= 11 is 5.75. The van der Waals surface area contributed by atoms with E-state index in [0.717, 1.165) is 5.69 Å². The van der Waals surface area contributed by atoms with E-state index in [1.54, 1.807) is 30.2 Å². The second-order valence-electron chi connectivity index (χ2n) is 5.07. The molecule has 0 radical (unpaired) electrons. The first-order valence-electron chi connectivity index (χ1n) is 6.57. The molecule has 2 aromatic heterocycles. The maximum Gasteiger partial charge on any atom is 0.269 e. The lowest BCUT2D eigenvalue weighted by molar-refractivity contribution is 0.0920. The van der Waals surface area contributed by atoms with Crippen molar-refractivity contribution in [1.82, 2.24) is 25.1 Å². The summed E-state index contributed by atoms with van der Waals surface area (Å²) in [5, 5.41) is 7.65. The molecule has 3 heterocycles. The minimum absolute atomic E-state index is 0.0898. The molecule has 8 heteroatoms. The molecule has 1 aliphatic heterocycles. The van der Waals surface area contributed by atoms with Gasteiger partial charge in [-0.15, -0.1) is 0 Å². The van der Waals surface area contributed by atoms with Crippen LogP contribution in [0.15, 0.2) is 18.5 Å². The first-order chi connectivity index (χ1) is 10.0. The Balaban J connectivity index is 1.56. The van der Waals surface area contributed by atoms with E-state index >= 15 is 0 Å². The molecule has 0 spiro atoms. The van der Waals surface area contributed by atoms with Gasteiger partial charge >= 0.3 is 0 Å². The quantitative estimate of drug-likeness (QED) is 0.907. The highest BCUT2D eigenvalue weighted by molar-refractivity contribution is 6.30. The van der Waals surface area contributed by atoms with Crippen molar-refractivity contribution in [3.63, 3.8) is 0 Å². The molecule has 1 amide bonds. The van der Waals surface area contributed by atoms with Crippen LogP contribution in [0, 0.1) is 6.92 Å². The van der Waals surface area contributed by atoms with E-state index in [0.29, 0.717) is 29.8 Å². The molecule has 1 N–H and O–H groups in total. The summed E-state index contributed by atoms with van der Waals surface area (Å²) in [6.07, 6.45) is 3.13. The van der Waals surface area contributed by atoms with Crippen LogP contribution >= 0.6 is 11.6 Å². The fraction of sp³-hybridized carbons (Fsp3) is 0.385. The van der Waals surface area contributed by atoms with Gasteiger partial charge in [-0.3, -0.25) is 9.48 Å². The van der Waals surface area contributed by atoms with E-state index in [-0.39, 0.29) is 11.9 Å². The van der Waals surface area contributed by atoms with Crippen LogP contribution in [0.25, 0.3) is 0 Å². The van der Waals surface area contributed by atoms with Crippen LogP contribution in [0.5, 0.6) is 0 Å². The van der Waals surface area contributed by atoms with Gasteiger partial charge in [0.05, 0.1) is 29.2 Å². The molecule has 0 saturated carbocycles. The van der Waals surface area contributed by atoms with Gasteiger partial charge < -0.3 is 10.2 Å². The lowest BCUT2D eigenvalue weighted by Crippen LogP contribution is -2.60. The van der Waals surface area contributed by atoms with Crippen LogP contribution in [0.2, 0.25) is 5.02 Å². The summed E-state index contributed by atoms with van der Waals surface area (Å²) in [7, 11) is 1.76. The van der Waals surface area contributed by atoms with Crippen LogP contribution in [-0.2, 0) is 7.05 Å². The maximum absolute atomic E-state index is 12.1. The van der Waals surface area contributed by atoms with Gasteiger partial charge in [-0.2, -0.15) is 5.10 Å². The Morgan fingerprint density at radius 1 is 1.38 bits per heavy atom. The second kappa shape index (κ2) is 5.33. The molecule has 0 aliphatic carbocycles. The van der Waals surface area contributed by atoms with Gasteiger partial charge in [0.15, 0.2) is 0 Å². The van der Waals surface area contributed by atoms with E-state index in [2.05, 4.69) is 20.4 Å². The molecule has 0 unspecified atom stereocenters. The van der Waals surface area contributed by atoms with Crippen LogP contribution in [0.1, 0.15) is 16.2 Å². The predicted molar refractivity (Wildman–Crippen MR) is 78.5 cm³/mol. The van der Waals surface area contributed by atoms with E-state index in [9.17, 15) is 4.79 Å². The van der Waals surface area contributed by atoms with E-state index in [1.807, 2.05) is 11.8 Å². The average molecular weight is 307 g/mol. The third kappa shape index (κ3) is 2.82. The van der Waals surface area contributed by atoms with Gasteiger partial charge in [0.1, 0.15) is 5.69 Å². The number of rotatable bonds is 3. The predicted octanol–water partition coefficient (Wildman–Crippen LogP) is 0.791. The molecular formula is C13H15ClN6O. The Bertz CT molecular complexity index is 662. The molecule has 110 valence electrons. The summed E-state index contributed by atoms with van der Waals surface area (Å²) in [6.45, 7) is 3.23. The fourth-order valence-corrected chi connectivity index (χ4v) is 2.38. The minimum Gasteiger partial charge on any atom is -0.344 e. The van der Waals surface area contributed by atoms with Crippen molar-refractivity contribution in [1.29, 1.82) is 0 Å². The van der Waals surface area contributed by atoms with Crippen molar-refractivity contribution in [3.05, 3.63) is 34.9 Å². The largest absolute Gasteiger partial charge is 0.344 e. The Morgan fingerprint density at radius 3 is 2.62 bits per heavy atom. The van der Waals surface area contributed by atoms with E-state index in [1.165, 1.54) is 0 Å². The van der Waals surface area contributed by atoms with Gasteiger partial charge in [-0.05, 0) is 13.0 Å². The van der Waals surface area contributed by atoms with Crippen molar-refractivity contribution in [3.8, 4) is 0 Å². The minimum atomic E-state index is -0.111. The molecule has 1 saturated heterocycles. The number of anilines is 1. The zero-order valence-electron chi connectivity index (χ0n) is 11.7. The smallest absolute Gasteiger partial charge is 0.269 e. The van der Waals surface area contributed by atoms with Gasteiger partial charge in [0.2, 0.25) is 5.95 Å². The van der Waals surface area contributed by atoms with Crippen LogP contribution in [0.3, 0.4) is 0 Å². The number of amides is 1. The number of carbonyl (C=O) groups excluding carboxylic acids is 1. The van der Waals surface area contributed by atoms with E-state index < -0.39 is 0 Å². The van der Waals surface area contributed by atoms with Crippen molar-refractivity contribution in [2.75, 3.05) is 18.0 Å².